The third kappa shape index (κ3) is 3.97. The van der Waals surface area contributed by atoms with Gasteiger partial charge < -0.3 is 4.52 Å². The van der Waals surface area contributed by atoms with Crippen LogP contribution < -0.4 is 4.52 Å². The van der Waals surface area contributed by atoms with Crippen LogP contribution in [0.5, 0.6) is 5.75 Å². The van der Waals surface area contributed by atoms with Crippen molar-refractivity contribution in [1.29, 1.82) is 0 Å². The standard InChI is InChI=1S/C26H19O4P/c27-31(28,29)30-25-11-5-10-24(22-14-12-18-6-1-3-8-20(18)16-22)26(25)23-15-13-19-7-2-4-9-21(19)17-23/h1-17H,(H2,27,28,29). The van der Waals surface area contributed by atoms with Crippen molar-refractivity contribution in [2.24, 2.45) is 0 Å². The molecule has 2 N–H and O–H groups in total. The maximum atomic E-state index is 11.7. The topological polar surface area (TPSA) is 66.8 Å². The van der Waals surface area contributed by atoms with Crippen molar-refractivity contribution in [3.05, 3.63) is 103 Å². The van der Waals surface area contributed by atoms with Crippen LogP contribution >= 0.6 is 7.82 Å². The SMILES string of the molecule is O=P(O)(O)Oc1cccc(-c2ccc3ccccc3c2)c1-c1ccc2ccccc2c1. The zero-order chi connectivity index (χ0) is 21.4. The average molecular weight is 426 g/mol. The molecule has 0 spiro atoms. The summed E-state index contributed by atoms with van der Waals surface area (Å²) in [6, 6.07) is 33.5. The molecule has 5 aromatic rings. The number of phosphoric ester groups is 1. The number of fused-ring (bicyclic) bond motifs is 2. The van der Waals surface area contributed by atoms with Gasteiger partial charge in [0.15, 0.2) is 0 Å². The minimum atomic E-state index is -4.73. The molecule has 5 heteroatoms. The Bertz CT molecular complexity index is 1470. The first-order valence-electron chi connectivity index (χ1n) is 9.84. The molecule has 0 unspecified atom stereocenters. The Hall–Kier alpha value is -3.43. The van der Waals surface area contributed by atoms with Crippen LogP contribution in [0.25, 0.3) is 43.8 Å². The molecular formula is C26H19O4P. The van der Waals surface area contributed by atoms with Crippen LogP contribution in [0.4, 0.5) is 0 Å². The molecule has 0 aromatic heterocycles. The van der Waals surface area contributed by atoms with E-state index in [2.05, 4.69) is 12.1 Å². The quantitative estimate of drug-likeness (QED) is 0.310. The minimum absolute atomic E-state index is 0.147. The molecule has 152 valence electrons. The van der Waals surface area contributed by atoms with Crippen LogP contribution in [0.1, 0.15) is 0 Å². The first kappa shape index (κ1) is 19.5. The molecule has 0 saturated carbocycles. The van der Waals surface area contributed by atoms with Gasteiger partial charge in [0.1, 0.15) is 5.75 Å². The molecule has 0 atom stereocenters. The minimum Gasteiger partial charge on any atom is -0.404 e. The van der Waals surface area contributed by atoms with E-state index in [9.17, 15) is 14.4 Å². The number of hydrogen-bond acceptors (Lipinski definition) is 2. The Morgan fingerprint density at radius 3 is 1.74 bits per heavy atom. The summed E-state index contributed by atoms with van der Waals surface area (Å²) < 4.78 is 16.8. The Morgan fingerprint density at radius 1 is 0.581 bits per heavy atom. The van der Waals surface area contributed by atoms with Crippen LogP contribution in [0.2, 0.25) is 0 Å². The molecule has 0 aliphatic rings. The predicted molar refractivity (Wildman–Crippen MR) is 125 cm³/mol. The lowest BCUT2D eigenvalue weighted by Crippen LogP contribution is -1.95. The van der Waals surface area contributed by atoms with Crippen molar-refractivity contribution >= 4 is 29.4 Å². The average Bonchev–Trinajstić information content (AvgIpc) is 2.77. The van der Waals surface area contributed by atoms with Crippen molar-refractivity contribution in [2.75, 3.05) is 0 Å². The molecule has 4 nitrogen and oxygen atoms in total. The van der Waals surface area contributed by atoms with E-state index >= 15 is 0 Å². The van der Waals surface area contributed by atoms with Crippen molar-refractivity contribution in [3.63, 3.8) is 0 Å². The normalized spacial score (nSPS) is 11.7. The van der Waals surface area contributed by atoms with Gasteiger partial charge in [0, 0.05) is 5.56 Å². The zero-order valence-electron chi connectivity index (χ0n) is 16.5. The highest BCUT2D eigenvalue weighted by Gasteiger charge is 2.22. The summed E-state index contributed by atoms with van der Waals surface area (Å²) in [5, 5.41) is 4.34. The lowest BCUT2D eigenvalue weighted by molar-refractivity contribution is 0.283. The maximum absolute atomic E-state index is 11.7. The molecule has 0 heterocycles. The van der Waals surface area contributed by atoms with Gasteiger partial charge in [0.2, 0.25) is 0 Å². The van der Waals surface area contributed by atoms with E-state index in [1.54, 1.807) is 12.1 Å². The second kappa shape index (κ2) is 7.68. The Kier molecular flexibility index (Phi) is 4.84. The smallest absolute Gasteiger partial charge is 0.404 e. The molecule has 0 aliphatic carbocycles. The molecular weight excluding hydrogens is 407 g/mol. The molecule has 0 radical (unpaired) electrons. The van der Waals surface area contributed by atoms with E-state index < -0.39 is 7.82 Å². The van der Waals surface area contributed by atoms with Crippen molar-refractivity contribution in [2.45, 2.75) is 0 Å². The maximum Gasteiger partial charge on any atom is 0.524 e. The Balaban J connectivity index is 1.77. The van der Waals surface area contributed by atoms with Crippen molar-refractivity contribution in [3.8, 4) is 28.0 Å². The van der Waals surface area contributed by atoms with Gasteiger partial charge in [-0.15, -0.1) is 0 Å². The summed E-state index contributed by atoms with van der Waals surface area (Å²) >= 11 is 0. The second-order valence-corrected chi connectivity index (χ2v) is 8.55. The van der Waals surface area contributed by atoms with E-state index in [1.165, 1.54) is 0 Å². The Morgan fingerprint density at radius 2 is 1.13 bits per heavy atom. The number of phosphoric acid groups is 1. The fourth-order valence-corrected chi connectivity index (χ4v) is 4.38. The summed E-state index contributed by atoms with van der Waals surface area (Å²) in [5.74, 6) is 0.147. The van der Waals surface area contributed by atoms with E-state index in [0.717, 1.165) is 38.2 Å². The molecule has 5 aromatic carbocycles. The molecule has 31 heavy (non-hydrogen) atoms. The first-order valence-corrected chi connectivity index (χ1v) is 11.4. The highest BCUT2D eigenvalue weighted by molar-refractivity contribution is 7.46. The van der Waals surface area contributed by atoms with Crippen molar-refractivity contribution in [1.82, 2.24) is 0 Å². The highest BCUT2D eigenvalue weighted by Crippen LogP contribution is 2.46. The van der Waals surface area contributed by atoms with Crippen LogP contribution in [0.15, 0.2) is 103 Å². The largest absolute Gasteiger partial charge is 0.524 e. The number of hydrogen-bond donors (Lipinski definition) is 2. The third-order valence-electron chi connectivity index (χ3n) is 5.34. The molecule has 0 amide bonds. The van der Waals surface area contributed by atoms with Crippen LogP contribution in [0, 0.1) is 0 Å². The van der Waals surface area contributed by atoms with E-state index in [0.29, 0.717) is 5.56 Å². The molecule has 0 saturated heterocycles. The van der Waals surface area contributed by atoms with E-state index in [4.69, 9.17) is 4.52 Å². The van der Waals surface area contributed by atoms with Gasteiger partial charge in [-0.2, -0.15) is 0 Å². The monoisotopic (exact) mass is 426 g/mol. The third-order valence-corrected chi connectivity index (χ3v) is 5.78. The van der Waals surface area contributed by atoms with Crippen LogP contribution in [-0.4, -0.2) is 9.79 Å². The molecule has 5 rings (SSSR count). The number of benzene rings is 5. The lowest BCUT2D eigenvalue weighted by Gasteiger charge is -2.17. The van der Waals surface area contributed by atoms with Crippen LogP contribution in [0.3, 0.4) is 0 Å². The fourth-order valence-electron chi connectivity index (χ4n) is 3.98. The van der Waals surface area contributed by atoms with Gasteiger partial charge in [-0.05, 0) is 56.4 Å². The summed E-state index contributed by atoms with van der Waals surface area (Å²) in [6.45, 7) is 0. The lowest BCUT2D eigenvalue weighted by atomic mass is 9.91. The molecule has 0 bridgehead atoms. The van der Waals surface area contributed by atoms with Gasteiger partial charge in [0.05, 0.1) is 0 Å². The van der Waals surface area contributed by atoms with E-state index in [1.807, 2.05) is 78.9 Å². The van der Waals surface area contributed by atoms with Gasteiger partial charge in [-0.25, -0.2) is 4.57 Å². The first-order chi connectivity index (χ1) is 15.0. The van der Waals surface area contributed by atoms with Gasteiger partial charge >= 0.3 is 7.82 Å². The van der Waals surface area contributed by atoms with E-state index in [-0.39, 0.29) is 5.75 Å². The Labute approximate surface area is 179 Å². The molecule has 0 aliphatic heterocycles. The summed E-state index contributed by atoms with van der Waals surface area (Å²) in [6.07, 6.45) is 0. The summed E-state index contributed by atoms with van der Waals surface area (Å²) in [7, 11) is -4.73. The van der Waals surface area contributed by atoms with Crippen molar-refractivity contribution < 1.29 is 18.9 Å². The summed E-state index contributed by atoms with van der Waals surface area (Å²) in [5.41, 5.74) is 3.25. The second-order valence-electron chi connectivity index (χ2n) is 7.38. The zero-order valence-corrected chi connectivity index (χ0v) is 17.4. The predicted octanol–water partition coefficient (Wildman–Crippen LogP) is 6.80. The molecule has 0 fully saturated rings. The number of rotatable bonds is 4. The summed E-state index contributed by atoms with van der Waals surface area (Å²) in [4.78, 5) is 19.0. The van der Waals surface area contributed by atoms with Gasteiger partial charge in [-0.1, -0.05) is 84.9 Å². The van der Waals surface area contributed by atoms with Gasteiger partial charge in [-0.3, -0.25) is 9.79 Å². The van der Waals surface area contributed by atoms with Gasteiger partial charge in [0.25, 0.3) is 0 Å². The van der Waals surface area contributed by atoms with Crippen LogP contribution in [-0.2, 0) is 4.57 Å². The fraction of sp³-hybridized carbons (Fsp3) is 0. The highest BCUT2D eigenvalue weighted by atomic mass is 31.2.